The summed E-state index contributed by atoms with van der Waals surface area (Å²) in [5, 5.41) is 8.90. The largest absolute Gasteiger partial charge is 0.444 e. The van der Waals surface area contributed by atoms with Crippen molar-refractivity contribution in [2.75, 3.05) is 7.11 Å². The van der Waals surface area contributed by atoms with Gasteiger partial charge in [0.1, 0.15) is 6.07 Å². The van der Waals surface area contributed by atoms with Crippen LogP contribution < -0.4 is 0 Å². The van der Waals surface area contributed by atoms with E-state index in [9.17, 15) is 4.79 Å². The number of nitriles is 1. The van der Waals surface area contributed by atoms with Gasteiger partial charge in [0.05, 0.1) is 0 Å². The van der Waals surface area contributed by atoms with Gasteiger partial charge in [-0.25, -0.2) is 4.79 Å². The van der Waals surface area contributed by atoms with E-state index in [1.807, 2.05) is 38.1 Å². The van der Waals surface area contributed by atoms with Crippen molar-refractivity contribution in [1.82, 2.24) is 0 Å². The van der Waals surface area contributed by atoms with Gasteiger partial charge >= 0.3 is 5.97 Å². The number of rotatable bonds is 5. The van der Waals surface area contributed by atoms with Crippen LogP contribution in [0.5, 0.6) is 0 Å². The van der Waals surface area contributed by atoms with E-state index in [4.69, 9.17) is 14.7 Å². The van der Waals surface area contributed by atoms with Crippen molar-refractivity contribution in [3.63, 3.8) is 0 Å². The molecule has 96 valence electrons. The molecule has 0 aliphatic rings. The highest BCUT2D eigenvalue weighted by Gasteiger charge is 2.26. The topological polar surface area (TPSA) is 59.3 Å². The average Bonchev–Trinajstić information content (AvgIpc) is 2.37. The van der Waals surface area contributed by atoms with Gasteiger partial charge in [0.2, 0.25) is 0 Å². The fraction of sp³-hybridized carbons (Fsp3) is 0.429. The normalized spacial score (nSPS) is 13.7. The fourth-order valence-corrected chi connectivity index (χ4v) is 1.49. The lowest BCUT2D eigenvalue weighted by atomic mass is 10.1. The average molecular weight is 247 g/mol. The maximum atomic E-state index is 12.0. The Hall–Kier alpha value is -1.86. The maximum Gasteiger partial charge on any atom is 0.341 e. The van der Waals surface area contributed by atoms with Gasteiger partial charge < -0.3 is 9.47 Å². The zero-order chi connectivity index (χ0) is 13.5. The SMILES string of the molecule is CO[C@@H](C(=O)O[C@@H](C#N)C(C)C)c1ccccc1. The molecule has 0 bridgehead atoms. The Morgan fingerprint density at radius 3 is 2.33 bits per heavy atom. The summed E-state index contributed by atoms with van der Waals surface area (Å²) < 4.78 is 10.3. The monoisotopic (exact) mass is 247 g/mol. The molecule has 0 saturated carbocycles. The Kier molecular flexibility index (Phi) is 5.34. The van der Waals surface area contributed by atoms with Crippen molar-refractivity contribution < 1.29 is 14.3 Å². The number of hydrogen-bond acceptors (Lipinski definition) is 4. The summed E-state index contributed by atoms with van der Waals surface area (Å²) in [6, 6.07) is 11.0. The first-order chi connectivity index (χ1) is 8.60. The van der Waals surface area contributed by atoms with Crippen molar-refractivity contribution in [2.24, 2.45) is 5.92 Å². The molecular weight excluding hydrogens is 230 g/mol. The fourth-order valence-electron chi connectivity index (χ4n) is 1.49. The minimum atomic E-state index is -0.791. The van der Waals surface area contributed by atoms with Gasteiger partial charge in [-0.1, -0.05) is 44.2 Å². The van der Waals surface area contributed by atoms with Gasteiger partial charge in [0.15, 0.2) is 12.2 Å². The molecule has 0 amide bonds. The van der Waals surface area contributed by atoms with Gasteiger partial charge in [0.25, 0.3) is 0 Å². The third kappa shape index (κ3) is 3.57. The number of ether oxygens (including phenoxy) is 2. The van der Waals surface area contributed by atoms with Gasteiger partial charge in [-0.3, -0.25) is 0 Å². The summed E-state index contributed by atoms with van der Waals surface area (Å²) in [6.07, 6.45) is -1.54. The summed E-state index contributed by atoms with van der Waals surface area (Å²) in [4.78, 5) is 12.0. The highest BCUT2D eigenvalue weighted by Crippen LogP contribution is 2.19. The van der Waals surface area contributed by atoms with Crippen LogP contribution in [-0.4, -0.2) is 19.2 Å². The van der Waals surface area contributed by atoms with Gasteiger partial charge in [-0.15, -0.1) is 0 Å². The minimum Gasteiger partial charge on any atom is -0.444 e. The standard InChI is InChI=1S/C14H17NO3/c1-10(2)12(9-15)18-14(16)13(17-3)11-7-5-4-6-8-11/h4-8,10,12-13H,1-3H3/t12-,13+/m0/s1. The molecular formula is C14H17NO3. The highest BCUT2D eigenvalue weighted by atomic mass is 16.6. The Bertz CT molecular complexity index is 422. The molecule has 0 fully saturated rings. The van der Waals surface area contributed by atoms with Crippen LogP contribution in [0.15, 0.2) is 30.3 Å². The van der Waals surface area contributed by atoms with Gasteiger partial charge in [-0.05, 0) is 5.56 Å². The lowest BCUT2D eigenvalue weighted by Crippen LogP contribution is -2.26. The third-order valence-electron chi connectivity index (χ3n) is 2.53. The highest BCUT2D eigenvalue weighted by molar-refractivity contribution is 5.76. The molecule has 18 heavy (non-hydrogen) atoms. The second-order valence-electron chi connectivity index (χ2n) is 4.26. The Labute approximate surface area is 107 Å². The lowest BCUT2D eigenvalue weighted by Gasteiger charge is -2.19. The van der Waals surface area contributed by atoms with Crippen LogP contribution in [-0.2, 0) is 14.3 Å². The molecule has 0 aliphatic heterocycles. The molecule has 0 spiro atoms. The number of methoxy groups -OCH3 is 1. The second kappa shape index (κ2) is 6.77. The van der Waals surface area contributed by atoms with E-state index in [0.717, 1.165) is 0 Å². The van der Waals surface area contributed by atoms with E-state index in [0.29, 0.717) is 5.56 Å². The van der Waals surface area contributed by atoms with Crippen LogP contribution in [0.4, 0.5) is 0 Å². The molecule has 1 aromatic rings. The smallest absolute Gasteiger partial charge is 0.341 e. The van der Waals surface area contributed by atoms with Crippen LogP contribution in [0.3, 0.4) is 0 Å². The van der Waals surface area contributed by atoms with E-state index in [-0.39, 0.29) is 5.92 Å². The van der Waals surface area contributed by atoms with E-state index in [1.165, 1.54) is 7.11 Å². The van der Waals surface area contributed by atoms with Crippen LogP contribution in [0.25, 0.3) is 0 Å². The Morgan fingerprint density at radius 1 is 1.28 bits per heavy atom. The quantitative estimate of drug-likeness (QED) is 0.750. The van der Waals surface area contributed by atoms with Crippen molar-refractivity contribution in [3.8, 4) is 6.07 Å². The van der Waals surface area contributed by atoms with E-state index in [1.54, 1.807) is 12.1 Å². The second-order valence-corrected chi connectivity index (χ2v) is 4.26. The molecule has 1 rings (SSSR count). The Balaban J connectivity index is 2.79. The third-order valence-corrected chi connectivity index (χ3v) is 2.53. The number of nitrogens with zero attached hydrogens (tertiary/aromatic N) is 1. The van der Waals surface area contributed by atoms with Crippen molar-refractivity contribution in [3.05, 3.63) is 35.9 Å². The van der Waals surface area contributed by atoms with E-state index in [2.05, 4.69) is 0 Å². The first-order valence-corrected chi connectivity index (χ1v) is 5.78. The van der Waals surface area contributed by atoms with Crippen molar-refractivity contribution >= 4 is 5.97 Å². The molecule has 4 nitrogen and oxygen atoms in total. The molecule has 4 heteroatoms. The van der Waals surface area contributed by atoms with Gasteiger partial charge in [-0.2, -0.15) is 5.26 Å². The summed E-state index contributed by atoms with van der Waals surface area (Å²) in [7, 11) is 1.44. The minimum absolute atomic E-state index is 0.0489. The van der Waals surface area contributed by atoms with Crippen LogP contribution >= 0.6 is 0 Å². The predicted octanol–water partition coefficient (Wildman–Crippen LogP) is 2.47. The summed E-state index contributed by atoms with van der Waals surface area (Å²) >= 11 is 0. The van der Waals surface area contributed by atoms with Crippen molar-refractivity contribution in [2.45, 2.75) is 26.1 Å². The predicted molar refractivity (Wildman–Crippen MR) is 66.5 cm³/mol. The van der Waals surface area contributed by atoms with Crippen molar-refractivity contribution in [1.29, 1.82) is 5.26 Å². The molecule has 1 aromatic carbocycles. The van der Waals surface area contributed by atoms with Gasteiger partial charge in [0, 0.05) is 13.0 Å². The molecule has 0 aliphatic carbocycles. The molecule has 0 saturated heterocycles. The number of carbonyl (C=O) groups excluding carboxylic acids is 1. The molecule has 2 atom stereocenters. The summed E-state index contributed by atoms with van der Waals surface area (Å²) in [5.41, 5.74) is 0.713. The number of hydrogen-bond donors (Lipinski definition) is 0. The lowest BCUT2D eigenvalue weighted by molar-refractivity contribution is -0.160. The number of carbonyl (C=O) groups is 1. The number of benzene rings is 1. The first-order valence-electron chi connectivity index (χ1n) is 5.78. The van der Waals surface area contributed by atoms with E-state index >= 15 is 0 Å². The first kappa shape index (κ1) is 14.2. The molecule has 0 aromatic heterocycles. The molecule has 0 heterocycles. The maximum absolute atomic E-state index is 12.0. The van der Waals surface area contributed by atoms with Crippen LogP contribution in [0.2, 0.25) is 0 Å². The van der Waals surface area contributed by atoms with Crippen LogP contribution in [0, 0.1) is 17.2 Å². The van der Waals surface area contributed by atoms with Crippen LogP contribution in [0.1, 0.15) is 25.5 Å². The molecule has 0 radical (unpaired) electrons. The zero-order valence-corrected chi connectivity index (χ0v) is 10.8. The van der Waals surface area contributed by atoms with E-state index < -0.39 is 18.2 Å². The zero-order valence-electron chi connectivity index (χ0n) is 10.8. The Morgan fingerprint density at radius 2 is 1.89 bits per heavy atom. The number of esters is 1. The molecule has 0 N–H and O–H groups in total. The summed E-state index contributed by atoms with van der Waals surface area (Å²) in [5.74, 6) is -0.587. The summed E-state index contributed by atoms with van der Waals surface area (Å²) in [6.45, 7) is 3.65. The molecule has 0 unspecified atom stereocenters.